The summed E-state index contributed by atoms with van der Waals surface area (Å²) in [6, 6.07) is 8.14. The molecule has 0 bridgehead atoms. The Morgan fingerprint density at radius 3 is 2.69 bits per heavy atom. The molecule has 0 N–H and O–H groups in total. The van der Waals surface area contributed by atoms with Crippen LogP contribution in [0.2, 0.25) is 0 Å². The molecule has 1 atom stereocenters. The van der Waals surface area contributed by atoms with E-state index in [1.807, 2.05) is 19.9 Å². The van der Waals surface area contributed by atoms with Crippen molar-refractivity contribution in [3.8, 4) is 11.5 Å². The highest BCUT2D eigenvalue weighted by Gasteiger charge is 2.34. The zero-order valence-corrected chi connectivity index (χ0v) is 22.4. The van der Waals surface area contributed by atoms with Crippen molar-refractivity contribution in [1.82, 2.24) is 4.57 Å². The van der Waals surface area contributed by atoms with Gasteiger partial charge in [-0.3, -0.25) is 9.36 Å². The molecule has 1 aliphatic heterocycles. The molecular weight excluding hydrogens is 536 g/mol. The van der Waals surface area contributed by atoms with Gasteiger partial charge in [-0.1, -0.05) is 17.4 Å². The van der Waals surface area contributed by atoms with Crippen LogP contribution in [0.3, 0.4) is 0 Å². The van der Waals surface area contributed by atoms with Gasteiger partial charge in [-0.15, -0.1) is 0 Å². The number of rotatable bonds is 7. The number of aromatic nitrogens is 1. The number of carbonyl (C=O) groups is 1. The first-order valence-electron chi connectivity index (χ1n) is 11.0. The molecule has 0 spiro atoms. The van der Waals surface area contributed by atoms with Crippen LogP contribution in [0, 0.1) is 0 Å². The molecule has 4 rings (SSSR count). The lowest BCUT2D eigenvalue weighted by Gasteiger charge is -2.25. The molecule has 8 nitrogen and oxygen atoms in total. The molecule has 1 aliphatic rings. The van der Waals surface area contributed by atoms with Crippen LogP contribution in [-0.4, -0.2) is 30.4 Å². The van der Waals surface area contributed by atoms with Gasteiger partial charge in [-0.25, -0.2) is 9.79 Å². The average molecular weight is 561 g/mol. The molecule has 35 heavy (non-hydrogen) atoms. The topological polar surface area (TPSA) is 92.3 Å². The fraction of sp³-hybridized carbons (Fsp3) is 0.320. The number of benzene rings is 1. The second-order valence-corrected chi connectivity index (χ2v) is 9.81. The Kier molecular flexibility index (Phi) is 7.32. The predicted molar refractivity (Wildman–Crippen MR) is 136 cm³/mol. The fourth-order valence-electron chi connectivity index (χ4n) is 3.85. The Balaban J connectivity index is 1.94. The number of ether oxygens (including phenoxy) is 3. The van der Waals surface area contributed by atoms with E-state index in [9.17, 15) is 9.59 Å². The zero-order valence-electron chi connectivity index (χ0n) is 20.0. The number of methoxy groups -OCH3 is 1. The molecular formula is C25H25BrN2O6S. The molecule has 0 fully saturated rings. The van der Waals surface area contributed by atoms with Crippen LogP contribution in [0.5, 0.6) is 11.5 Å². The van der Waals surface area contributed by atoms with E-state index in [0.717, 1.165) is 0 Å². The first kappa shape index (κ1) is 25.0. The number of nitrogens with zero attached hydrogens (tertiary/aromatic N) is 2. The second-order valence-electron chi connectivity index (χ2n) is 8.02. The van der Waals surface area contributed by atoms with E-state index >= 15 is 0 Å². The van der Waals surface area contributed by atoms with Gasteiger partial charge in [-0.2, -0.15) is 0 Å². The number of furan rings is 1. The highest BCUT2D eigenvalue weighted by molar-refractivity contribution is 9.10. The number of esters is 1. The lowest BCUT2D eigenvalue weighted by molar-refractivity contribution is -0.139. The van der Waals surface area contributed by atoms with E-state index in [0.29, 0.717) is 48.1 Å². The van der Waals surface area contributed by atoms with E-state index < -0.39 is 12.0 Å². The van der Waals surface area contributed by atoms with Gasteiger partial charge < -0.3 is 18.6 Å². The van der Waals surface area contributed by atoms with Gasteiger partial charge >= 0.3 is 5.97 Å². The summed E-state index contributed by atoms with van der Waals surface area (Å²) in [7, 11) is 1.55. The third kappa shape index (κ3) is 4.99. The molecule has 0 unspecified atom stereocenters. The van der Waals surface area contributed by atoms with Crippen molar-refractivity contribution in [2.24, 2.45) is 4.99 Å². The van der Waals surface area contributed by atoms with Crippen LogP contribution in [0.25, 0.3) is 6.08 Å². The van der Waals surface area contributed by atoms with E-state index in [2.05, 4.69) is 20.9 Å². The number of hydrogen-bond donors (Lipinski definition) is 0. The van der Waals surface area contributed by atoms with Gasteiger partial charge in [0.05, 0.1) is 41.7 Å². The van der Waals surface area contributed by atoms with Crippen molar-refractivity contribution < 1.29 is 23.4 Å². The number of carbonyl (C=O) groups excluding carboxylic acids is 1. The molecule has 0 amide bonds. The third-order valence-electron chi connectivity index (χ3n) is 5.25. The quantitative estimate of drug-likeness (QED) is 0.406. The van der Waals surface area contributed by atoms with Crippen molar-refractivity contribution in [2.45, 2.75) is 39.8 Å². The summed E-state index contributed by atoms with van der Waals surface area (Å²) in [5, 5.41) is 0. The highest BCUT2D eigenvalue weighted by Crippen LogP contribution is 2.36. The average Bonchev–Trinajstić information content (AvgIpc) is 3.35. The van der Waals surface area contributed by atoms with E-state index in [1.54, 1.807) is 51.3 Å². The molecule has 10 heteroatoms. The molecule has 2 aromatic heterocycles. The summed E-state index contributed by atoms with van der Waals surface area (Å²) in [4.78, 5) is 31.7. The van der Waals surface area contributed by atoms with Gasteiger partial charge in [0.15, 0.2) is 21.0 Å². The number of thiazole rings is 1. The predicted octanol–water partition coefficient (Wildman–Crippen LogP) is 3.95. The van der Waals surface area contributed by atoms with Crippen LogP contribution in [-0.2, 0) is 9.53 Å². The molecule has 0 radical (unpaired) electrons. The fourth-order valence-corrected chi connectivity index (χ4v) is 5.19. The van der Waals surface area contributed by atoms with E-state index in [1.165, 1.54) is 15.9 Å². The van der Waals surface area contributed by atoms with Crippen LogP contribution >= 0.6 is 27.3 Å². The minimum absolute atomic E-state index is 0.0497. The largest absolute Gasteiger partial charge is 0.493 e. The van der Waals surface area contributed by atoms with Gasteiger partial charge in [-0.05, 0) is 73.5 Å². The molecule has 3 aromatic rings. The summed E-state index contributed by atoms with van der Waals surface area (Å²) in [5.74, 6) is 1.07. The normalized spacial score (nSPS) is 15.7. The monoisotopic (exact) mass is 560 g/mol. The molecule has 0 saturated heterocycles. The lowest BCUT2D eigenvalue weighted by atomic mass is 9.95. The van der Waals surface area contributed by atoms with Crippen molar-refractivity contribution in [3.05, 3.63) is 77.3 Å². The summed E-state index contributed by atoms with van der Waals surface area (Å²) in [6.07, 6.45) is 1.61. The van der Waals surface area contributed by atoms with Gasteiger partial charge in [0.25, 0.3) is 5.56 Å². The molecule has 184 valence electrons. The Morgan fingerprint density at radius 1 is 1.29 bits per heavy atom. The van der Waals surface area contributed by atoms with Gasteiger partial charge in [0, 0.05) is 6.08 Å². The minimum atomic E-state index is -0.752. The first-order chi connectivity index (χ1) is 16.7. The van der Waals surface area contributed by atoms with Crippen molar-refractivity contribution >= 4 is 39.3 Å². The van der Waals surface area contributed by atoms with Crippen molar-refractivity contribution in [3.63, 3.8) is 0 Å². The second kappa shape index (κ2) is 10.2. The molecule has 1 aromatic carbocycles. The van der Waals surface area contributed by atoms with Gasteiger partial charge in [0.1, 0.15) is 5.76 Å². The van der Waals surface area contributed by atoms with E-state index in [4.69, 9.17) is 18.6 Å². The summed E-state index contributed by atoms with van der Waals surface area (Å²) < 4.78 is 24.8. The maximum atomic E-state index is 13.6. The maximum absolute atomic E-state index is 13.6. The minimum Gasteiger partial charge on any atom is -0.493 e. The Morgan fingerprint density at radius 2 is 2.06 bits per heavy atom. The summed E-state index contributed by atoms with van der Waals surface area (Å²) in [5.41, 5.74) is 1.17. The zero-order chi connectivity index (χ0) is 25.3. The van der Waals surface area contributed by atoms with Crippen molar-refractivity contribution in [2.75, 3.05) is 13.7 Å². The summed E-state index contributed by atoms with van der Waals surface area (Å²) >= 11 is 4.50. The Bertz CT molecular complexity index is 1480. The van der Waals surface area contributed by atoms with Gasteiger partial charge in [0.2, 0.25) is 0 Å². The number of halogens is 1. The maximum Gasteiger partial charge on any atom is 0.338 e. The highest BCUT2D eigenvalue weighted by atomic mass is 79.9. The third-order valence-corrected chi connectivity index (χ3v) is 6.66. The standard InChI is InChI=1S/C25H25BrN2O6S/c1-6-32-24(30)21-14(4)27-25-28(23(29)19(35-25)12-16-8-10-20(26)34-16)22(21)15-7-9-17(33-13(2)3)18(11-15)31-5/h7-13,22H,6H2,1-5H3/b19-12-/t22-/m1/s1. The molecule has 0 saturated carbocycles. The van der Waals surface area contributed by atoms with Crippen molar-refractivity contribution in [1.29, 1.82) is 0 Å². The Labute approximate surface area is 214 Å². The number of allylic oxidation sites excluding steroid dienone is 1. The Hall–Kier alpha value is -3.11. The lowest BCUT2D eigenvalue weighted by Crippen LogP contribution is -2.40. The molecule has 0 aliphatic carbocycles. The molecule has 3 heterocycles. The van der Waals surface area contributed by atoms with Crippen LogP contribution in [0.15, 0.2) is 60.5 Å². The first-order valence-corrected chi connectivity index (χ1v) is 12.6. The smallest absolute Gasteiger partial charge is 0.338 e. The van der Waals surface area contributed by atoms with Crippen LogP contribution in [0.1, 0.15) is 45.1 Å². The van der Waals surface area contributed by atoms with Crippen LogP contribution in [0.4, 0.5) is 0 Å². The SMILES string of the molecule is CCOC(=O)C1=C(C)N=c2s/c(=C\c3ccc(Br)o3)c(=O)n2[C@@H]1c1ccc(OC(C)C)c(OC)c1. The number of fused-ring (bicyclic) bond motifs is 1. The van der Waals surface area contributed by atoms with Crippen LogP contribution < -0.4 is 24.4 Å². The summed E-state index contributed by atoms with van der Waals surface area (Å²) in [6.45, 7) is 7.53. The van der Waals surface area contributed by atoms with E-state index in [-0.39, 0.29) is 18.3 Å². The number of hydrogen-bond acceptors (Lipinski definition) is 8.